The van der Waals surface area contributed by atoms with Crippen LogP contribution in [-0.2, 0) is 14.3 Å². The topological polar surface area (TPSA) is 95.9 Å². The van der Waals surface area contributed by atoms with Crippen LogP contribution in [0.15, 0.2) is 24.3 Å². The molecule has 1 amide bonds. The van der Waals surface area contributed by atoms with Gasteiger partial charge in [-0.25, -0.2) is 0 Å². The molecule has 0 fully saturated rings. The molecule has 0 saturated carbocycles. The first-order valence-corrected chi connectivity index (χ1v) is 37.1. The Hall–Kier alpha value is -1.66. The maximum Gasteiger partial charge on any atom is 0.305 e. The zero-order chi connectivity index (χ0) is 58.5. The molecular weight excluding hydrogens is 995 g/mol. The first-order valence-electron chi connectivity index (χ1n) is 37.1. The molecule has 6 nitrogen and oxygen atoms in total. The number of nitrogens with one attached hydrogen (secondary N) is 1. The zero-order valence-corrected chi connectivity index (χ0v) is 55.0. The molecule has 0 heterocycles. The van der Waals surface area contributed by atoms with Crippen LogP contribution in [0.25, 0.3) is 0 Å². The van der Waals surface area contributed by atoms with E-state index in [0.717, 1.165) is 38.5 Å². The highest BCUT2D eigenvalue weighted by molar-refractivity contribution is 5.76. The van der Waals surface area contributed by atoms with Gasteiger partial charge in [0.1, 0.15) is 0 Å². The Morgan fingerprint density at radius 2 is 0.580 bits per heavy atom. The quantitative estimate of drug-likeness (QED) is 0.0320. The van der Waals surface area contributed by atoms with Crippen molar-refractivity contribution < 1.29 is 24.5 Å². The predicted molar refractivity (Wildman–Crippen MR) is 356 cm³/mol. The normalized spacial score (nSPS) is 12.6. The minimum absolute atomic E-state index is 0.0227. The Morgan fingerprint density at radius 3 is 0.877 bits per heavy atom. The van der Waals surface area contributed by atoms with Gasteiger partial charge in [-0.1, -0.05) is 372 Å². The lowest BCUT2D eigenvalue weighted by atomic mass is 10.0. The minimum atomic E-state index is -0.842. The molecule has 480 valence electrons. The molecule has 0 aliphatic heterocycles. The van der Waals surface area contributed by atoms with Crippen molar-refractivity contribution in [2.24, 2.45) is 0 Å². The summed E-state index contributed by atoms with van der Waals surface area (Å²) in [5.41, 5.74) is 0. The van der Waals surface area contributed by atoms with Gasteiger partial charge in [-0.2, -0.15) is 0 Å². The Bertz CT molecular complexity index is 1270. The minimum Gasteiger partial charge on any atom is -0.466 e. The summed E-state index contributed by atoms with van der Waals surface area (Å²) in [5, 5.41) is 23.2. The maximum atomic E-state index is 12.5. The van der Waals surface area contributed by atoms with E-state index >= 15 is 0 Å². The molecule has 0 bridgehead atoms. The summed E-state index contributed by atoms with van der Waals surface area (Å²) in [7, 11) is 0. The van der Waals surface area contributed by atoms with E-state index in [0.29, 0.717) is 19.4 Å². The second kappa shape index (κ2) is 70.8. The molecule has 0 aromatic rings. The summed E-state index contributed by atoms with van der Waals surface area (Å²) >= 11 is 0. The lowest BCUT2D eigenvalue weighted by Gasteiger charge is -2.20. The lowest BCUT2D eigenvalue weighted by Crippen LogP contribution is -2.45. The smallest absolute Gasteiger partial charge is 0.305 e. The molecule has 0 rings (SSSR count). The molecule has 0 spiro atoms. The number of amides is 1. The highest BCUT2D eigenvalue weighted by atomic mass is 16.5. The third-order valence-electron chi connectivity index (χ3n) is 17.5. The van der Waals surface area contributed by atoms with Crippen molar-refractivity contribution in [3.05, 3.63) is 24.3 Å². The molecule has 0 aliphatic carbocycles. The van der Waals surface area contributed by atoms with Crippen LogP contribution in [0.4, 0.5) is 0 Å². The van der Waals surface area contributed by atoms with Crippen LogP contribution in [0, 0.1) is 0 Å². The van der Waals surface area contributed by atoms with Crippen LogP contribution in [0.5, 0.6) is 0 Å². The van der Waals surface area contributed by atoms with Gasteiger partial charge in [0.15, 0.2) is 0 Å². The average molecular weight is 1140 g/mol. The highest BCUT2D eigenvalue weighted by Crippen LogP contribution is 2.19. The summed E-state index contributed by atoms with van der Waals surface area (Å²) < 4.78 is 5.51. The number of allylic oxidation sites excluding steroid dienone is 3. The Labute approximate surface area is 507 Å². The third kappa shape index (κ3) is 67.3. The molecule has 2 atom stereocenters. The van der Waals surface area contributed by atoms with Crippen molar-refractivity contribution in [2.75, 3.05) is 13.2 Å². The highest BCUT2D eigenvalue weighted by Gasteiger charge is 2.18. The van der Waals surface area contributed by atoms with E-state index in [1.54, 1.807) is 6.08 Å². The summed E-state index contributed by atoms with van der Waals surface area (Å²) in [6.45, 7) is 4.95. The number of esters is 1. The number of ether oxygens (including phenoxy) is 1. The van der Waals surface area contributed by atoms with Gasteiger partial charge in [0, 0.05) is 12.8 Å². The van der Waals surface area contributed by atoms with Gasteiger partial charge >= 0.3 is 5.97 Å². The predicted octanol–water partition coefficient (Wildman–Crippen LogP) is 24.1. The molecule has 0 saturated heterocycles. The number of aliphatic hydroxyl groups excluding tert-OH is 2. The third-order valence-corrected chi connectivity index (χ3v) is 17.5. The van der Waals surface area contributed by atoms with Crippen molar-refractivity contribution in [3.63, 3.8) is 0 Å². The number of aliphatic hydroxyl groups is 2. The SMILES string of the molecule is CCCCCCCCCCCCCCC/C=C/C(O)C(CO)NC(=O)CCCCCCCCCCCCCCCCCC/C=C\CCCCCCCCCCCCCCOC(=O)CCCCCCCCCCCCCCCCCCC. The zero-order valence-electron chi connectivity index (χ0n) is 55.0. The van der Waals surface area contributed by atoms with Crippen molar-refractivity contribution in [1.29, 1.82) is 0 Å². The van der Waals surface area contributed by atoms with Crippen molar-refractivity contribution in [2.45, 2.75) is 431 Å². The van der Waals surface area contributed by atoms with E-state index in [-0.39, 0.29) is 18.5 Å². The Balaban J connectivity index is 3.35. The number of carbonyl (C=O) groups is 2. The molecule has 0 radical (unpaired) electrons. The molecule has 0 aromatic heterocycles. The van der Waals surface area contributed by atoms with E-state index in [9.17, 15) is 19.8 Å². The van der Waals surface area contributed by atoms with Gasteiger partial charge in [-0.05, 0) is 57.8 Å². The summed E-state index contributed by atoms with van der Waals surface area (Å²) in [6.07, 6.45) is 89.9. The number of rotatable bonds is 70. The van der Waals surface area contributed by atoms with E-state index in [2.05, 4.69) is 31.3 Å². The molecule has 3 N–H and O–H groups in total. The van der Waals surface area contributed by atoms with Crippen LogP contribution in [0.1, 0.15) is 418 Å². The van der Waals surface area contributed by atoms with E-state index in [1.807, 2.05) is 6.08 Å². The molecule has 2 unspecified atom stereocenters. The fourth-order valence-corrected chi connectivity index (χ4v) is 11.8. The lowest BCUT2D eigenvalue weighted by molar-refractivity contribution is -0.143. The Morgan fingerprint density at radius 1 is 0.333 bits per heavy atom. The molecule has 81 heavy (non-hydrogen) atoms. The van der Waals surface area contributed by atoms with Crippen molar-refractivity contribution >= 4 is 11.9 Å². The molecule has 0 aromatic carbocycles. The average Bonchev–Trinajstić information content (AvgIpc) is 3.47. The standard InChI is InChI=1S/C75H145NO5/c1-3-5-7-9-11-13-15-17-19-36-41-45-49-53-57-61-65-69-75(80)81-70-66-62-58-54-50-46-42-38-35-33-31-29-27-25-23-21-20-22-24-26-28-30-32-34-37-40-44-48-52-56-60-64-68-74(79)76-72(71-77)73(78)67-63-59-55-51-47-43-39-18-16-14-12-10-8-6-4-2/h23,25,63,67,72-73,77-78H,3-22,24,26-62,64-66,68-71H2,1-2H3,(H,76,79)/b25-23-,67-63+. The van der Waals surface area contributed by atoms with Crippen LogP contribution in [0.2, 0.25) is 0 Å². The molecule has 0 aliphatic rings. The number of unbranched alkanes of at least 4 members (excludes halogenated alkanes) is 57. The van der Waals surface area contributed by atoms with Crippen molar-refractivity contribution in [1.82, 2.24) is 5.32 Å². The first-order chi connectivity index (χ1) is 40.0. The second-order valence-electron chi connectivity index (χ2n) is 25.6. The van der Waals surface area contributed by atoms with Gasteiger partial charge in [0.25, 0.3) is 0 Å². The summed E-state index contributed by atoms with van der Waals surface area (Å²) in [6, 6.07) is -0.625. The second-order valence-corrected chi connectivity index (χ2v) is 25.6. The van der Waals surface area contributed by atoms with Gasteiger partial charge in [-0.3, -0.25) is 9.59 Å². The van der Waals surface area contributed by atoms with Crippen LogP contribution >= 0.6 is 0 Å². The van der Waals surface area contributed by atoms with Crippen LogP contribution < -0.4 is 5.32 Å². The number of carbonyl (C=O) groups excluding carboxylic acids is 2. The first kappa shape index (κ1) is 79.3. The van der Waals surface area contributed by atoms with Crippen LogP contribution in [0.3, 0.4) is 0 Å². The van der Waals surface area contributed by atoms with Crippen LogP contribution in [-0.4, -0.2) is 47.4 Å². The van der Waals surface area contributed by atoms with Gasteiger partial charge in [0.2, 0.25) is 5.91 Å². The number of hydrogen-bond donors (Lipinski definition) is 3. The van der Waals surface area contributed by atoms with Gasteiger partial charge in [-0.15, -0.1) is 0 Å². The van der Waals surface area contributed by atoms with E-state index in [1.165, 1.54) is 353 Å². The largest absolute Gasteiger partial charge is 0.466 e. The van der Waals surface area contributed by atoms with Gasteiger partial charge < -0.3 is 20.3 Å². The fourth-order valence-electron chi connectivity index (χ4n) is 11.8. The fraction of sp³-hybridized carbons (Fsp3) is 0.920. The summed E-state index contributed by atoms with van der Waals surface area (Å²) in [5.74, 6) is -0.0399. The van der Waals surface area contributed by atoms with Gasteiger partial charge in [0.05, 0.1) is 25.4 Å². The van der Waals surface area contributed by atoms with Crippen molar-refractivity contribution in [3.8, 4) is 0 Å². The molecule has 6 heteroatoms. The summed E-state index contributed by atoms with van der Waals surface area (Å²) in [4.78, 5) is 24.6. The van der Waals surface area contributed by atoms with E-state index < -0.39 is 12.1 Å². The Kier molecular flexibility index (Phi) is 69.4. The van der Waals surface area contributed by atoms with E-state index in [4.69, 9.17) is 4.74 Å². The monoisotopic (exact) mass is 1140 g/mol. The molecular formula is C75H145NO5. The number of hydrogen-bond acceptors (Lipinski definition) is 5. The maximum absolute atomic E-state index is 12.5.